The van der Waals surface area contributed by atoms with Crippen LogP contribution in [-0.4, -0.2) is 24.1 Å². The van der Waals surface area contributed by atoms with Crippen molar-refractivity contribution < 1.29 is 9.53 Å². The standard InChI is InChI=1S/C15H14Cl2N2O2S2/c1-22-8-12-6-7-13(23-12)14(18-19-15(20)21-9-16)10-2-4-11(17)5-3-10/h2-7H,8-9H2,1H3,(H,19,20). The summed E-state index contributed by atoms with van der Waals surface area (Å²) in [7, 11) is 0. The van der Waals surface area contributed by atoms with Crippen molar-refractivity contribution in [2.75, 3.05) is 12.3 Å². The first kappa shape index (κ1) is 18.1. The predicted molar refractivity (Wildman–Crippen MR) is 99.0 cm³/mol. The number of ether oxygens (including phenoxy) is 1. The summed E-state index contributed by atoms with van der Waals surface area (Å²) in [5.41, 5.74) is 3.84. The maximum Gasteiger partial charge on any atom is 0.428 e. The molecule has 2 rings (SSSR count). The molecule has 2 aromatic rings. The molecule has 0 aliphatic carbocycles. The maximum atomic E-state index is 11.4. The van der Waals surface area contributed by atoms with E-state index >= 15 is 0 Å². The van der Waals surface area contributed by atoms with Crippen molar-refractivity contribution in [2.45, 2.75) is 5.75 Å². The fraction of sp³-hybridized carbons (Fsp3) is 0.200. The minimum atomic E-state index is -0.702. The monoisotopic (exact) mass is 388 g/mol. The lowest BCUT2D eigenvalue weighted by Gasteiger charge is -2.06. The Kier molecular flexibility index (Phi) is 7.23. The number of hydrogen-bond donors (Lipinski definition) is 1. The molecule has 0 radical (unpaired) electrons. The summed E-state index contributed by atoms with van der Waals surface area (Å²) in [5, 5.41) is 4.82. The summed E-state index contributed by atoms with van der Waals surface area (Å²) in [4.78, 5) is 13.6. The normalized spacial score (nSPS) is 11.3. The van der Waals surface area contributed by atoms with Gasteiger partial charge in [-0.15, -0.1) is 11.3 Å². The van der Waals surface area contributed by atoms with Gasteiger partial charge >= 0.3 is 6.09 Å². The highest BCUT2D eigenvalue weighted by atomic mass is 35.5. The van der Waals surface area contributed by atoms with Crippen LogP contribution in [0.25, 0.3) is 0 Å². The number of hydrogen-bond acceptors (Lipinski definition) is 5. The molecule has 0 aliphatic rings. The molecule has 1 amide bonds. The van der Waals surface area contributed by atoms with Crippen LogP contribution >= 0.6 is 46.3 Å². The summed E-state index contributed by atoms with van der Waals surface area (Å²) in [5.74, 6) is 0.931. The lowest BCUT2D eigenvalue weighted by Crippen LogP contribution is -2.20. The quantitative estimate of drug-likeness (QED) is 0.433. The van der Waals surface area contributed by atoms with E-state index in [9.17, 15) is 4.79 Å². The number of benzene rings is 1. The van der Waals surface area contributed by atoms with Gasteiger partial charge in [-0.25, -0.2) is 10.2 Å². The van der Waals surface area contributed by atoms with Crippen LogP contribution in [0, 0.1) is 0 Å². The molecule has 1 heterocycles. The first-order valence-corrected chi connectivity index (χ1v) is 9.66. The molecule has 8 heteroatoms. The van der Waals surface area contributed by atoms with Gasteiger partial charge in [0.2, 0.25) is 0 Å². The smallest absolute Gasteiger partial charge is 0.428 e. The largest absolute Gasteiger partial charge is 0.432 e. The fourth-order valence-electron chi connectivity index (χ4n) is 1.78. The first-order chi connectivity index (χ1) is 11.1. The van der Waals surface area contributed by atoms with Gasteiger partial charge in [0.25, 0.3) is 0 Å². The van der Waals surface area contributed by atoms with Crippen molar-refractivity contribution in [3.05, 3.63) is 56.7 Å². The molecule has 0 atom stereocenters. The van der Waals surface area contributed by atoms with Crippen LogP contribution in [0.3, 0.4) is 0 Å². The molecule has 122 valence electrons. The molecule has 0 saturated carbocycles. The molecule has 1 aromatic heterocycles. The average Bonchev–Trinajstić information content (AvgIpc) is 2.98. The van der Waals surface area contributed by atoms with Gasteiger partial charge < -0.3 is 4.74 Å². The lowest BCUT2D eigenvalue weighted by atomic mass is 10.1. The Morgan fingerprint density at radius 3 is 2.70 bits per heavy atom. The zero-order valence-electron chi connectivity index (χ0n) is 12.2. The van der Waals surface area contributed by atoms with E-state index in [1.165, 1.54) is 4.88 Å². The van der Waals surface area contributed by atoms with Crippen molar-refractivity contribution in [3.63, 3.8) is 0 Å². The molecule has 1 N–H and O–H groups in total. The number of nitrogens with zero attached hydrogens (tertiary/aromatic N) is 1. The van der Waals surface area contributed by atoms with Gasteiger partial charge in [-0.3, -0.25) is 0 Å². The van der Waals surface area contributed by atoms with Crippen LogP contribution in [-0.2, 0) is 10.5 Å². The van der Waals surface area contributed by atoms with Crippen LogP contribution in [0.4, 0.5) is 4.79 Å². The van der Waals surface area contributed by atoms with Crippen molar-refractivity contribution >= 4 is 58.1 Å². The van der Waals surface area contributed by atoms with Gasteiger partial charge in [0.05, 0.1) is 4.88 Å². The van der Waals surface area contributed by atoms with Gasteiger partial charge in [-0.2, -0.15) is 16.9 Å². The Balaban J connectivity index is 2.31. The van der Waals surface area contributed by atoms with E-state index in [4.69, 9.17) is 23.2 Å². The SMILES string of the molecule is CSCc1ccc(C(=NNC(=O)OCCl)c2ccc(Cl)cc2)s1. The number of carbonyl (C=O) groups excluding carboxylic acids is 1. The van der Waals surface area contributed by atoms with Gasteiger partial charge in [0.15, 0.2) is 6.07 Å². The second-order valence-corrected chi connectivity index (χ2v) is 7.01. The van der Waals surface area contributed by atoms with E-state index in [-0.39, 0.29) is 6.07 Å². The molecule has 4 nitrogen and oxygen atoms in total. The maximum absolute atomic E-state index is 11.4. The van der Waals surface area contributed by atoms with Gasteiger partial charge in [0.1, 0.15) is 5.71 Å². The van der Waals surface area contributed by atoms with Crippen LogP contribution in [0.1, 0.15) is 15.3 Å². The van der Waals surface area contributed by atoms with E-state index in [0.29, 0.717) is 10.7 Å². The summed E-state index contributed by atoms with van der Waals surface area (Å²) in [6, 6.07) is 11.1. The molecule has 0 saturated heterocycles. The number of hydrazone groups is 1. The third-order valence-electron chi connectivity index (χ3n) is 2.74. The number of amides is 1. The number of thiophene rings is 1. The number of alkyl halides is 1. The number of thioether (sulfide) groups is 1. The molecule has 23 heavy (non-hydrogen) atoms. The topological polar surface area (TPSA) is 50.7 Å². The van der Waals surface area contributed by atoms with Crippen LogP contribution < -0.4 is 5.43 Å². The van der Waals surface area contributed by atoms with E-state index in [0.717, 1.165) is 16.2 Å². The Hall–Kier alpha value is -1.21. The third kappa shape index (κ3) is 5.42. The number of halogens is 2. The Morgan fingerprint density at radius 2 is 2.04 bits per heavy atom. The molecular formula is C15H14Cl2N2O2S2. The van der Waals surface area contributed by atoms with Gasteiger partial charge in [-0.05, 0) is 30.5 Å². The van der Waals surface area contributed by atoms with Crippen LogP contribution in [0.2, 0.25) is 5.02 Å². The molecular weight excluding hydrogens is 375 g/mol. The first-order valence-electron chi connectivity index (χ1n) is 6.54. The van der Waals surface area contributed by atoms with Crippen molar-refractivity contribution in [1.29, 1.82) is 0 Å². The molecule has 1 aromatic carbocycles. The highest BCUT2D eigenvalue weighted by Gasteiger charge is 2.12. The van der Waals surface area contributed by atoms with E-state index < -0.39 is 6.09 Å². The second kappa shape index (κ2) is 9.17. The molecule has 0 spiro atoms. The predicted octanol–water partition coefficient (Wildman–Crippen LogP) is 4.94. The van der Waals surface area contributed by atoms with Gasteiger partial charge in [-0.1, -0.05) is 35.3 Å². The summed E-state index contributed by atoms with van der Waals surface area (Å²) < 4.78 is 4.61. The molecule has 0 bridgehead atoms. The summed E-state index contributed by atoms with van der Waals surface area (Å²) in [6.07, 6.45) is 1.35. The van der Waals surface area contributed by atoms with Crippen molar-refractivity contribution in [1.82, 2.24) is 5.43 Å². The summed E-state index contributed by atoms with van der Waals surface area (Å²) in [6.45, 7) is 0. The van der Waals surface area contributed by atoms with Crippen LogP contribution in [0.15, 0.2) is 41.5 Å². The zero-order chi connectivity index (χ0) is 16.7. The highest BCUT2D eigenvalue weighted by molar-refractivity contribution is 7.97. The fourth-order valence-corrected chi connectivity index (χ4v) is 3.79. The number of carbonyl (C=O) groups is 1. The molecule has 0 aliphatic heterocycles. The molecule has 0 fully saturated rings. The lowest BCUT2D eigenvalue weighted by molar-refractivity contribution is 0.165. The highest BCUT2D eigenvalue weighted by Crippen LogP contribution is 2.24. The number of nitrogens with one attached hydrogen (secondary N) is 1. The van der Waals surface area contributed by atoms with E-state index in [1.54, 1.807) is 35.2 Å². The van der Waals surface area contributed by atoms with E-state index in [1.807, 2.05) is 18.2 Å². The number of rotatable bonds is 6. The zero-order valence-corrected chi connectivity index (χ0v) is 15.4. The molecule has 0 unspecified atom stereocenters. The second-order valence-electron chi connectivity index (χ2n) is 4.32. The van der Waals surface area contributed by atoms with Gasteiger partial charge in [0, 0.05) is 21.2 Å². The Labute approximate surface area is 152 Å². The van der Waals surface area contributed by atoms with Crippen molar-refractivity contribution in [2.24, 2.45) is 5.10 Å². The Morgan fingerprint density at radius 1 is 1.30 bits per heavy atom. The average molecular weight is 389 g/mol. The third-order valence-corrected chi connectivity index (χ3v) is 4.98. The Bertz CT molecular complexity index is 687. The summed E-state index contributed by atoms with van der Waals surface area (Å²) >= 11 is 14.7. The van der Waals surface area contributed by atoms with Crippen LogP contribution in [0.5, 0.6) is 0 Å². The minimum Gasteiger partial charge on any atom is -0.432 e. The van der Waals surface area contributed by atoms with E-state index in [2.05, 4.69) is 27.6 Å². The minimum absolute atomic E-state index is 0.228. The van der Waals surface area contributed by atoms with Crippen molar-refractivity contribution in [3.8, 4) is 0 Å².